The minimum Gasteiger partial charge on any atom is -0.489 e. The Morgan fingerprint density at radius 1 is 0.929 bits per heavy atom. The van der Waals surface area contributed by atoms with Crippen LogP contribution in [0.25, 0.3) is 0 Å². The number of anilines is 1. The van der Waals surface area contributed by atoms with Crippen LogP contribution in [0.5, 0.6) is 5.75 Å². The third-order valence-electron chi connectivity index (χ3n) is 4.33. The second-order valence-corrected chi connectivity index (χ2v) is 6.59. The molecule has 0 aliphatic carbocycles. The van der Waals surface area contributed by atoms with E-state index in [1.807, 2.05) is 32.0 Å². The highest BCUT2D eigenvalue weighted by Crippen LogP contribution is 2.19. The molecule has 2 N–H and O–H groups in total. The van der Waals surface area contributed by atoms with Gasteiger partial charge in [0.05, 0.1) is 5.56 Å². The Morgan fingerprint density at radius 3 is 2.36 bits per heavy atom. The highest BCUT2D eigenvalue weighted by Gasteiger charge is 2.09. The number of hydrogen-bond acceptors (Lipinski definition) is 3. The largest absolute Gasteiger partial charge is 0.489 e. The van der Waals surface area contributed by atoms with Crippen molar-refractivity contribution in [2.75, 3.05) is 5.32 Å². The van der Waals surface area contributed by atoms with E-state index in [0.717, 1.165) is 22.4 Å². The van der Waals surface area contributed by atoms with Crippen molar-refractivity contribution in [3.63, 3.8) is 0 Å². The Bertz CT molecular complexity index is 1010. The molecule has 0 aliphatic rings. The number of carboxylic acid groups (broad SMARTS) is 1. The van der Waals surface area contributed by atoms with Crippen molar-refractivity contribution in [2.24, 2.45) is 0 Å². The van der Waals surface area contributed by atoms with Gasteiger partial charge in [0.15, 0.2) is 0 Å². The van der Waals surface area contributed by atoms with Gasteiger partial charge in [-0.2, -0.15) is 0 Å². The zero-order valence-electron chi connectivity index (χ0n) is 15.7. The predicted octanol–water partition coefficient (Wildman–Crippen LogP) is 4.83. The van der Waals surface area contributed by atoms with Gasteiger partial charge in [0.2, 0.25) is 0 Å². The van der Waals surface area contributed by atoms with Crippen molar-refractivity contribution < 1.29 is 19.4 Å². The molecule has 0 saturated heterocycles. The quantitative estimate of drug-likeness (QED) is 0.647. The molecular weight excluding hydrogens is 354 g/mol. The zero-order valence-corrected chi connectivity index (χ0v) is 15.7. The van der Waals surface area contributed by atoms with E-state index >= 15 is 0 Å². The standard InChI is InChI=1S/C23H21NO4/c1-15-6-11-21(16(2)12-15)24-22(25)18-7-9-20(10-8-18)28-14-17-4-3-5-19(13-17)23(26)27/h3-13H,14H2,1-2H3,(H,24,25)(H,26,27). The van der Waals surface area contributed by atoms with E-state index in [9.17, 15) is 9.59 Å². The van der Waals surface area contributed by atoms with Crippen LogP contribution in [0.2, 0.25) is 0 Å². The normalized spacial score (nSPS) is 10.4. The summed E-state index contributed by atoms with van der Waals surface area (Å²) in [6.07, 6.45) is 0. The van der Waals surface area contributed by atoms with Gasteiger partial charge in [0.25, 0.3) is 5.91 Å². The van der Waals surface area contributed by atoms with Crippen molar-refractivity contribution in [1.29, 1.82) is 0 Å². The van der Waals surface area contributed by atoms with E-state index in [4.69, 9.17) is 9.84 Å². The maximum absolute atomic E-state index is 12.4. The number of aromatic carboxylic acids is 1. The third-order valence-corrected chi connectivity index (χ3v) is 4.33. The van der Waals surface area contributed by atoms with Crippen LogP contribution in [0.3, 0.4) is 0 Å². The first-order valence-electron chi connectivity index (χ1n) is 8.86. The van der Waals surface area contributed by atoms with E-state index in [1.165, 1.54) is 6.07 Å². The molecule has 3 aromatic rings. The summed E-state index contributed by atoms with van der Waals surface area (Å²) in [6.45, 7) is 4.21. The van der Waals surface area contributed by atoms with Crippen molar-refractivity contribution in [3.05, 3.63) is 94.5 Å². The summed E-state index contributed by atoms with van der Waals surface area (Å²) in [5.74, 6) is -0.558. The minimum atomic E-state index is -0.971. The van der Waals surface area contributed by atoms with E-state index in [1.54, 1.807) is 42.5 Å². The number of nitrogens with one attached hydrogen (secondary N) is 1. The third kappa shape index (κ3) is 4.76. The van der Waals surface area contributed by atoms with Crippen LogP contribution in [0.15, 0.2) is 66.7 Å². The first kappa shape index (κ1) is 19.2. The average molecular weight is 375 g/mol. The minimum absolute atomic E-state index is 0.187. The topological polar surface area (TPSA) is 75.6 Å². The van der Waals surface area contributed by atoms with E-state index in [2.05, 4.69) is 5.32 Å². The van der Waals surface area contributed by atoms with Gasteiger partial charge in [-0.25, -0.2) is 4.79 Å². The SMILES string of the molecule is Cc1ccc(NC(=O)c2ccc(OCc3cccc(C(=O)O)c3)cc2)c(C)c1. The van der Waals surface area contributed by atoms with Gasteiger partial charge in [-0.3, -0.25) is 4.79 Å². The fourth-order valence-corrected chi connectivity index (χ4v) is 2.81. The number of amides is 1. The lowest BCUT2D eigenvalue weighted by atomic mass is 10.1. The lowest BCUT2D eigenvalue weighted by Gasteiger charge is -2.10. The van der Waals surface area contributed by atoms with Crippen LogP contribution in [0.1, 0.15) is 37.4 Å². The molecule has 1 amide bonds. The second kappa shape index (κ2) is 8.39. The summed E-state index contributed by atoms with van der Waals surface area (Å²) >= 11 is 0. The lowest BCUT2D eigenvalue weighted by Crippen LogP contribution is -2.12. The van der Waals surface area contributed by atoms with Crippen molar-refractivity contribution in [3.8, 4) is 5.75 Å². The van der Waals surface area contributed by atoms with Crippen molar-refractivity contribution in [1.82, 2.24) is 0 Å². The molecule has 3 aromatic carbocycles. The summed E-state index contributed by atoms with van der Waals surface area (Å²) in [7, 11) is 0. The molecule has 0 unspecified atom stereocenters. The number of ether oxygens (including phenoxy) is 1. The molecule has 142 valence electrons. The van der Waals surface area contributed by atoms with Crippen LogP contribution in [0.4, 0.5) is 5.69 Å². The number of rotatable bonds is 6. The molecule has 3 rings (SSSR count). The molecule has 0 radical (unpaired) electrons. The average Bonchev–Trinajstić information content (AvgIpc) is 2.69. The first-order chi connectivity index (χ1) is 13.4. The molecule has 0 aromatic heterocycles. The molecular formula is C23H21NO4. The van der Waals surface area contributed by atoms with Gasteiger partial charge in [0.1, 0.15) is 12.4 Å². The lowest BCUT2D eigenvalue weighted by molar-refractivity contribution is 0.0696. The number of hydrogen-bond donors (Lipinski definition) is 2. The molecule has 0 bridgehead atoms. The first-order valence-corrected chi connectivity index (χ1v) is 8.86. The van der Waals surface area contributed by atoms with Gasteiger partial charge in [0, 0.05) is 11.3 Å². The van der Waals surface area contributed by atoms with Gasteiger partial charge in [-0.05, 0) is 67.4 Å². The number of carboxylic acids is 1. The highest BCUT2D eigenvalue weighted by atomic mass is 16.5. The van der Waals surface area contributed by atoms with Crippen LogP contribution in [-0.2, 0) is 6.61 Å². The van der Waals surface area contributed by atoms with E-state index < -0.39 is 5.97 Å². The second-order valence-electron chi connectivity index (χ2n) is 6.59. The van der Waals surface area contributed by atoms with Crippen molar-refractivity contribution in [2.45, 2.75) is 20.5 Å². The molecule has 0 atom stereocenters. The summed E-state index contributed by atoms with van der Waals surface area (Å²) in [4.78, 5) is 23.5. The summed E-state index contributed by atoms with van der Waals surface area (Å²) in [6, 6.07) is 19.3. The molecule has 5 heteroatoms. The molecule has 28 heavy (non-hydrogen) atoms. The monoisotopic (exact) mass is 375 g/mol. The van der Waals surface area contributed by atoms with Crippen molar-refractivity contribution >= 4 is 17.6 Å². The Hall–Kier alpha value is -3.60. The zero-order chi connectivity index (χ0) is 20.1. The number of carbonyl (C=O) groups is 2. The molecule has 0 heterocycles. The number of benzene rings is 3. The Morgan fingerprint density at radius 2 is 1.68 bits per heavy atom. The Labute approximate surface area is 163 Å². The van der Waals surface area contributed by atoms with Gasteiger partial charge < -0.3 is 15.2 Å². The van der Waals surface area contributed by atoms with E-state index in [-0.39, 0.29) is 18.1 Å². The number of aryl methyl sites for hydroxylation is 2. The summed E-state index contributed by atoms with van der Waals surface area (Å²) < 4.78 is 5.69. The molecule has 0 aliphatic heterocycles. The van der Waals surface area contributed by atoms with Gasteiger partial charge in [-0.15, -0.1) is 0 Å². The van der Waals surface area contributed by atoms with Gasteiger partial charge >= 0.3 is 5.97 Å². The highest BCUT2D eigenvalue weighted by molar-refractivity contribution is 6.04. The molecule has 0 fully saturated rings. The number of carbonyl (C=O) groups excluding carboxylic acids is 1. The Balaban J connectivity index is 1.62. The molecule has 0 spiro atoms. The Kier molecular flexibility index (Phi) is 5.75. The molecule has 0 saturated carbocycles. The summed E-state index contributed by atoms with van der Waals surface area (Å²) in [5.41, 5.74) is 4.45. The predicted molar refractivity (Wildman–Crippen MR) is 108 cm³/mol. The fraction of sp³-hybridized carbons (Fsp3) is 0.130. The van der Waals surface area contributed by atoms with Crippen LogP contribution < -0.4 is 10.1 Å². The maximum atomic E-state index is 12.4. The van der Waals surface area contributed by atoms with Crippen LogP contribution in [-0.4, -0.2) is 17.0 Å². The summed E-state index contributed by atoms with van der Waals surface area (Å²) in [5, 5.41) is 11.9. The fourth-order valence-electron chi connectivity index (χ4n) is 2.81. The van der Waals surface area contributed by atoms with E-state index in [0.29, 0.717) is 11.3 Å². The molecule has 5 nitrogen and oxygen atoms in total. The van der Waals surface area contributed by atoms with Crippen LogP contribution in [0, 0.1) is 13.8 Å². The maximum Gasteiger partial charge on any atom is 0.335 e. The van der Waals surface area contributed by atoms with Crippen LogP contribution >= 0.6 is 0 Å². The smallest absolute Gasteiger partial charge is 0.335 e. The van der Waals surface area contributed by atoms with Gasteiger partial charge in [-0.1, -0.05) is 29.8 Å².